The molecule has 2 N–H and O–H groups in total. The Labute approximate surface area is 115 Å². The summed E-state index contributed by atoms with van der Waals surface area (Å²) < 4.78 is 27.5. The first-order valence-corrected chi connectivity index (χ1v) is 7.01. The summed E-state index contributed by atoms with van der Waals surface area (Å²) in [5.74, 6) is -0.730. The van der Waals surface area contributed by atoms with Crippen molar-refractivity contribution in [1.29, 1.82) is 0 Å². The van der Waals surface area contributed by atoms with Gasteiger partial charge < -0.3 is 9.66 Å². The minimum absolute atomic E-state index is 0.0554. The highest BCUT2D eigenvalue weighted by molar-refractivity contribution is 7.90. The van der Waals surface area contributed by atoms with E-state index in [-0.39, 0.29) is 16.3 Å². The molecule has 1 unspecified atom stereocenters. The zero-order valence-corrected chi connectivity index (χ0v) is 12.3. The van der Waals surface area contributed by atoms with E-state index >= 15 is 0 Å². The van der Waals surface area contributed by atoms with Crippen LogP contribution in [0.5, 0.6) is 5.75 Å². The van der Waals surface area contributed by atoms with E-state index in [9.17, 15) is 14.0 Å². The topological polar surface area (TPSA) is 55.3 Å². The van der Waals surface area contributed by atoms with E-state index in [2.05, 4.69) is 4.72 Å². The van der Waals surface area contributed by atoms with Crippen LogP contribution in [0.4, 0.5) is 4.39 Å². The van der Waals surface area contributed by atoms with Crippen molar-refractivity contribution in [1.82, 2.24) is 4.72 Å². The fourth-order valence-electron chi connectivity index (χ4n) is 1.32. The second kappa shape index (κ2) is 5.65. The molecule has 2 atom stereocenters. The molecule has 6 heteroatoms. The van der Waals surface area contributed by atoms with E-state index < -0.39 is 28.0 Å². The van der Waals surface area contributed by atoms with Gasteiger partial charge in [-0.15, -0.1) is 4.72 Å². The normalized spacial score (nSPS) is 15.5. The summed E-state index contributed by atoms with van der Waals surface area (Å²) in [6.45, 7) is 7.15. The third-order valence-corrected chi connectivity index (χ3v) is 4.33. The Bertz CT molecular complexity index is 437. The Hall–Kier alpha value is -0.490. The van der Waals surface area contributed by atoms with E-state index in [1.165, 1.54) is 6.07 Å². The molecule has 18 heavy (non-hydrogen) atoms. The Balaban J connectivity index is 2.95. The second-order valence-corrected chi connectivity index (χ2v) is 7.45. The maximum atomic E-state index is 13.2. The molecule has 0 aliphatic rings. The van der Waals surface area contributed by atoms with Gasteiger partial charge in [0.05, 0.1) is 11.1 Å². The Kier molecular flexibility index (Phi) is 4.89. The molecule has 1 rings (SSSR count). The number of phenolic OH excluding ortho intramolecular Hbond substituents is 1. The highest BCUT2D eigenvalue weighted by atomic mass is 35.5. The smallest absolute Gasteiger partial charge is 0.139 e. The van der Waals surface area contributed by atoms with Crippen molar-refractivity contribution in [2.75, 3.05) is 0 Å². The third-order valence-electron chi connectivity index (χ3n) is 2.36. The number of halogens is 2. The number of hydrogen-bond donors (Lipinski definition) is 2. The number of hydrogen-bond acceptors (Lipinski definition) is 3. The molecule has 0 saturated heterocycles. The van der Waals surface area contributed by atoms with Crippen molar-refractivity contribution >= 4 is 23.0 Å². The van der Waals surface area contributed by atoms with E-state index in [1.54, 1.807) is 6.92 Å². The molecular weight excluding hydrogens is 277 g/mol. The van der Waals surface area contributed by atoms with Crippen molar-refractivity contribution < 1.29 is 14.0 Å². The van der Waals surface area contributed by atoms with Gasteiger partial charge in [0, 0.05) is 16.9 Å². The summed E-state index contributed by atoms with van der Waals surface area (Å²) in [6, 6.07) is 1.74. The number of benzene rings is 1. The van der Waals surface area contributed by atoms with Gasteiger partial charge in [-0.2, -0.15) is 0 Å². The second-order valence-electron chi connectivity index (χ2n) is 5.05. The van der Waals surface area contributed by atoms with Gasteiger partial charge in [-0.25, -0.2) is 4.39 Å². The van der Waals surface area contributed by atoms with Crippen LogP contribution in [0, 0.1) is 5.82 Å². The van der Waals surface area contributed by atoms with Gasteiger partial charge in [0.15, 0.2) is 0 Å². The molecule has 0 amide bonds. The lowest BCUT2D eigenvalue weighted by atomic mass is 10.1. The van der Waals surface area contributed by atoms with Gasteiger partial charge in [0.1, 0.15) is 16.3 Å². The van der Waals surface area contributed by atoms with Crippen molar-refractivity contribution in [3.63, 3.8) is 0 Å². The molecule has 0 aliphatic carbocycles. The van der Waals surface area contributed by atoms with Crippen LogP contribution in [0.1, 0.15) is 39.3 Å². The Morgan fingerprint density at radius 1 is 1.44 bits per heavy atom. The van der Waals surface area contributed by atoms with E-state index in [0.29, 0.717) is 0 Å². The van der Waals surface area contributed by atoms with Gasteiger partial charge >= 0.3 is 0 Å². The zero-order chi connectivity index (χ0) is 14.1. The molecule has 102 valence electrons. The zero-order valence-electron chi connectivity index (χ0n) is 10.8. The fraction of sp³-hybridized carbons (Fsp3) is 0.500. The van der Waals surface area contributed by atoms with Gasteiger partial charge in [-0.05, 0) is 39.8 Å². The first-order chi connectivity index (χ1) is 8.12. The number of aromatic hydroxyl groups is 1. The van der Waals surface area contributed by atoms with Crippen molar-refractivity contribution in [3.05, 3.63) is 28.5 Å². The summed E-state index contributed by atoms with van der Waals surface area (Å²) >= 11 is 4.38. The standard InChI is InChI=1S/C12H17ClFNO2S/c1-7(15-18(17)12(2,3)4)9-5-8(14)6-10(13)11(9)16/h5-7,15-16H,1-4H3/t7-,18?/m0/s1. The molecule has 1 aromatic rings. The lowest BCUT2D eigenvalue weighted by Crippen LogP contribution is -2.40. The van der Waals surface area contributed by atoms with Crippen LogP contribution in [0.15, 0.2) is 12.1 Å². The molecule has 0 radical (unpaired) electrons. The van der Waals surface area contributed by atoms with E-state index in [0.717, 1.165) is 6.07 Å². The number of phenols is 1. The quantitative estimate of drug-likeness (QED) is 0.841. The first-order valence-electron chi connectivity index (χ1n) is 5.49. The SMILES string of the molecule is C[C@H](N[S+]([O-])C(C)(C)C)c1cc(F)cc(Cl)c1O. The average Bonchev–Trinajstić information content (AvgIpc) is 2.21. The monoisotopic (exact) mass is 293 g/mol. The van der Waals surface area contributed by atoms with Crippen LogP contribution in [0.25, 0.3) is 0 Å². The molecule has 0 aliphatic heterocycles. The molecule has 0 heterocycles. The minimum atomic E-state index is -1.32. The first kappa shape index (κ1) is 15.6. The highest BCUT2D eigenvalue weighted by Crippen LogP contribution is 2.33. The summed E-state index contributed by atoms with van der Waals surface area (Å²) in [5.41, 5.74) is 0.289. The van der Waals surface area contributed by atoms with Crippen LogP contribution >= 0.6 is 11.6 Å². The lowest BCUT2D eigenvalue weighted by Gasteiger charge is -2.26. The fourth-order valence-corrected chi connectivity index (χ4v) is 2.33. The highest BCUT2D eigenvalue weighted by Gasteiger charge is 2.29. The maximum absolute atomic E-state index is 13.2. The molecule has 0 fully saturated rings. The van der Waals surface area contributed by atoms with Gasteiger partial charge in [0.2, 0.25) is 0 Å². The third kappa shape index (κ3) is 3.75. The molecule has 0 aromatic heterocycles. The van der Waals surface area contributed by atoms with Crippen molar-refractivity contribution in [2.45, 2.75) is 38.5 Å². The summed E-state index contributed by atoms with van der Waals surface area (Å²) in [4.78, 5) is 0. The molecule has 0 bridgehead atoms. The van der Waals surface area contributed by atoms with Crippen LogP contribution in [-0.2, 0) is 11.4 Å². The predicted molar refractivity (Wildman–Crippen MR) is 72.5 cm³/mol. The van der Waals surface area contributed by atoms with E-state index in [4.69, 9.17) is 11.6 Å². The summed E-state index contributed by atoms with van der Waals surface area (Å²) in [6.07, 6.45) is 0. The van der Waals surface area contributed by atoms with Gasteiger partial charge in [-0.1, -0.05) is 11.6 Å². The maximum Gasteiger partial charge on any atom is 0.139 e. The van der Waals surface area contributed by atoms with Crippen molar-refractivity contribution in [2.24, 2.45) is 0 Å². The van der Waals surface area contributed by atoms with Crippen LogP contribution < -0.4 is 4.72 Å². The Morgan fingerprint density at radius 3 is 2.50 bits per heavy atom. The molecule has 3 nitrogen and oxygen atoms in total. The Morgan fingerprint density at radius 2 is 2.00 bits per heavy atom. The van der Waals surface area contributed by atoms with Gasteiger partial charge in [0.25, 0.3) is 0 Å². The average molecular weight is 294 g/mol. The largest absolute Gasteiger partial charge is 0.598 e. The number of nitrogens with one attached hydrogen (secondary N) is 1. The molecular formula is C12H17ClFNO2S. The molecule has 0 spiro atoms. The van der Waals surface area contributed by atoms with Crippen molar-refractivity contribution in [3.8, 4) is 5.75 Å². The summed E-state index contributed by atoms with van der Waals surface area (Å²) in [5, 5.41) is 9.72. The van der Waals surface area contributed by atoms with Crippen LogP contribution in [-0.4, -0.2) is 14.4 Å². The van der Waals surface area contributed by atoms with Crippen LogP contribution in [0.2, 0.25) is 5.02 Å². The minimum Gasteiger partial charge on any atom is -0.598 e. The van der Waals surface area contributed by atoms with Gasteiger partial charge in [-0.3, -0.25) is 0 Å². The predicted octanol–water partition coefficient (Wildman–Crippen LogP) is 3.30. The number of rotatable bonds is 3. The molecule has 0 saturated carbocycles. The molecule has 1 aromatic carbocycles. The lowest BCUT2D eigenvalue weighted by molar-refractivity contribution is 0.456. The van der Waals surface area contributed by atoms with E-state index in [1.807, 2.05) is 20.8 Å². The van der Waals surface area contributed by atoms with Crippen LogP contribution in [0.3, 0.4) is 0 Å². The summed E-state index contributed by atoms with van der Waals surface area (Å²) in [7, 11) is 0.